The molecule has 100 valence electrons. The second-order valence-corrected chi connectivity index (χ2v) is 5.53. The highest BCUT2D eigenvalue weighted by molar-refractivity contribution is 5.37. The van der Waals surface area contributed by atoms with Crippen LogP contribution in [-0.2, 0) is 0 Å². The van der Waals surface area contributed by atoms with E-state index in [9.17, 15) is 0 Å². The van der Waals surface area contributed by atoms with Crippen LogP contribution < -0.4 is 0 Å². The third-order valence-electron chi connectivity index (χ3n) is 3.69. The Labute approximate surface area is 117 Å². The standard InChI is InChI=1S/C19H24/c1-4-5-11-19(17-9-7-6-8-10-17)18-13-15(2)12-16(3)14-18/h6-10,12-14,19H,4-5,11H2,1-3H3. The van der Waals surface area contributed by atoms with Crippen molar-refractivity contribution in [3.8, 4) is 0 Å². The molecule has 19 heavy (non-hydrogen) atoms. The Bertz CT molecular complexity index is 491. The second-order valence-electron chi connectivity index (χ2n) is 5.53. The van der Waals surface area contributed by atoms with Crippen LogP contribution in [0.25, 0.3) is 0 Å². The minimum atomic E-state index is 0.541. The van der Waals surface area contributed by atoms with Crippen molar-refractivity contribution in [1.29, 1.82) is 0 Å². The molecular weight excluding hydrogens is 228 g/mol. The molecule has 0 aliphatic carbocycles. The van der Waals surface area contributed by atoms with E-state index < -0.39 is 0 Å². The van der Waals surface area contributed by atoms with Gasteiger partial charge in [-0.15, -0.1) is 0 Å². The molecule has 0 N–H and O–H groups in total. The van der Waals surface area contributed by atoms with Crippen LogP contribution in [0.1, 0.15) is 54.4 Å². The number of hydrogen-bond donors (Lipinski definition) is 0. The van der Waals surface area contributed by atoms with E-state index in [4.69, 9.17) is 0 Å². The molecular formula is C19H24. The van der Waals surface area contributed by atoms with Crippen molar-refractivity contribution in [1.82, 2.24) is 0 Å². The molecule has 1 atom stereocenters. The molecule has 0 aliphatic heterocycles. The summed E-state index contributed by atoms with van der Waals surface area (Å²) >= 11 is 0. The molecule has 0 spiro atoms. The number of aryl methyl sites for hydroxylation is 2. The summed E-state index contributed by atoms with van der Waals surface area (Å²) in [6, 6.07) is 17.9. The van der Waals surface area contributed by atoms with Crippen molar-refractivity contribution in [2.24, 2.45) is 0 Å². The van der Waals surface area contributed by atoms with E-state index in [2.05, 4.69) is 69.3 Å². The monoisotopic (exact) mass is 252 g/mol. The molecule has 0 aromatic heterocycles. The summed E-state index contributed by atoms with van der Waals surface area (Å²) in [5, 5.41) is 0. The second kappa shape index (κ2) is 6.56. The first-order chi connectivity index (χ1) is 9.20. The zero-order valence-electron chi connectivity index (χ0n) is 12.3. The van der Waals surface area contributed by atoms with E-state index >= 15 is 0 Å². The zero-order valence-corrected chi connectivity index (χ0v) is 12.3. The number of unbranched alkanes of at least 4 members (excludes halogenated alkanes) is 1. The Balaban J connectivity index is 2.36. The van der Waals surface area contributed by atoms with Gasteiger partial charge in [0.05, 0.1) is 0 Å². The minimum Gasteiger partial charge on any atom is -0.0654 e. The molecule has 0 saturated carbocycles. The first-order valence-corrected chi connectivity index (χ1v) is 7.34. The van der Waals surface area contributed by atoms with Crippen LogP contribution in [0.15, 0.2) is 48.5 Å². The molecule has 1 unspecified atom stereocenters. The van der Waals surface area contributed by atoms with E-state index in [0.29, 0.717) is 5.92 Å². The largest absolute Gasteiger partial charge is 0.0654 e. The van der Waals surface area contributed by atoms with Crippen molar-refractivity contribution >= 4 is 0 Å². The van der Waals surface area contributed by atoms with Gasteiger partial charge in [0.15, 0.2) is 0 Å². The number of benzene rings is 2. The van der Waals surface area contributed by atoms with Crippen LogP contribution in [0.5, 0.6) is 0 Å². The van der Waals surface area contributed by atoms with Gasteiger partial charge in [-0.25, -0.2) is 0 Å². The molecule has 0 aliphatic rings. The molecule has 2 rings (SSSR count). The summed E-state index contributed by atoms with van der Waals surface area (Å²) in [4.78, 5) is 0. The van der Waals surface area contributed by atoms with Gasteiger partial charge in [-0.1, -0.05) is 79.4 Å². The molecule has 0 amide bonds. The van der Waals surface area contributed by atoms with Crippen LogP contribution >= 0.6 is 0 Å². The van der Waals surface area contributed by atoms with Crippen LogP contribution in [0.2, 0.25) is 0 Å². The van der Waals surface area contributed by atoms with Crippen LogP contribution in [0.3, 0.4) is 0 Å². The molecule has 0 radical (unpaired) electrons. The SMILES string of the molecule is CCCCC(c1ccccc1)c1cc(C)cc(C)c1. The Hall–Kier alpha value is -1.56. The molecule has 2 aromatic rings. The summed E-state index contributed by atoms with van der Waals surface area (Å²) in [6.45, 7) is 6.65. The van der Waals surface area contributed by atoms with E-state index in [1.54, 1.807) is 0 Å². The average Bonchev–Trinajstić information content (AvgIpc) is 2.39. The summed E-state index contributed by atoms with van der Waals surface area (Å²) < 4.78 is 0. The maximum Gasteiger partial charge on any atom is 0.00895 e. The van der Waals surface area contributed by atoms with Crippen molar-refractivity contribution in [3.05, 3.63) is 70.8 Å². The van der Waals surface area contributed by atoms with Crippen LogP contribution in [0.4, 0.5) is 0 Å². The highest BCUT2D eigenvalue weighted by atomic mass is 14.2. The van der Waals surface area contributed by atoms with Gasteiger partial charge < -0.3 is 0 Å². The maximum absolute atomic E-state index is 2.35. The predicted molar refractivity (Wildman–Crippen MR) is 83.7 cm³/mol. The van der Waals surface area contributed by atoms with E-state index in [1.165, 1.54) is 41.5 Å². The number of hydrogen-bond acceptors (Lipinski definition) is 0. The summed E-state index contributed by atoms with van der Waals surface area (Å²) in [7, 11) is 0. The molecule has 0 heteroatoms. The van der Waals surface area contributed by atoms with Gasteiger partial charge in [-0.2, -0.15) is 0 Å². The van der Waals surface area contributed by atoms with Crippen LogP contribution in [-0.4, -0.2) is 0 Å². The Morgan fingerprint density at radius 1 is 0.842 bits per heavy atom. The molecule has 0 saturated heterocycles. The molecule has 0 bridgehead atoms. The summed E-state index contributed by atoms with van der Waals surface area (Å²) in [5.74, 6) is 0.541. The Morgan fingerprint density at radius 3 is 2.05 bits per heavy atom. The fraction of sp³-hybridized carbons (Fsp3) is 0.368. The van der Waals surface area contributed by atoms with Gasteiger partial charge in [-0.05, 0) is 31.4 Å². The lowest BCUT2D eigenvalue weighted by Gasteiger charge is -2.19. The third kappa shape index (κ3) is 3.70. The molecule has 2 aromatic carbocycles. The summed E-state index contributed by atoms with van der Waals surface area (Å²) in [5.41, 5.74) is 5.65. The lowest BCUT2D eigenvalue weighted by atomic mass is 9.86. The molecule has 0 nitrogen and oxygen atoms in total. The smallest absolute Gasteiger partial charge is 0.00895 e. The fourth-order valence-electron chi connectivity index (χ4n) is 2.83. The topological polar surface area (TPSA) is 0 Å². The number of rotatable bonds is 5. The van der Waals surface area contributed by atoms with Gasteiger partial charge in [0, 0.05) is 5.92 Å². The highest BCUT2D eigenvalue weighted by Gasteiger charge is 2.14. The third-order valence-corrected chi connectivity index (χ3v) is 3.69. The van der Waals surface area contributed by atoms with Gasteiger partial charge in [-0.3, -0.25) is 0 Å². The van der Waals surface area contributed by atoms with Gasteiger partial charge >= 0.3 is 0 Å². The van der Waals surface area contributed by atoms with Crippen LogP contribution in [0, 0.1) is 13.8 Å². The predicted octanol–water partition coefficient (Wildman–Crippen LogP) is 5.63. The quantitative estimate of drug-likeness (QED) is 0.647. The van der Waals surface area contributed by atoms with E-state index in [-0.39, 0.29) is 0 Å². The average molecular weight is 252 g/mol. The molecule has 0 heterocycles. The maximum atomic E-state index is 2.35. The normalized spacial score (nSPS) is 12.4. The van der Waals surface area contributed by atoms with Gasteiger partial charge in [0.25, 0.3) is 0 Å². The first-order valence-electron chi connectivity index (χ1n) is 7.34. The highest BCUT2D eigenvalue weighted by Crippen LogP contribution is 2.30. The zero-order chi connectivity index (χ0) is 13.7. The Kier molecular flexibility index (Phi) is 4.79. The van der Waals surface area contributed by atoms with Crippen molar-refractivity contribution in [3.63, 3.8) is 0 Å². The van der Waals surface area contributed by atoms with E-state index in [1.807, 2.05) is 0 Å². The van der Waals surface area contributed by atoms with Crippen molar-refractivity contribution in [2.45, 2.75) is 46.0 Å². The minimum absolute atomic E-state index is 0.541. The Morgan fingerprint density at radius 2 is 1.47 bits per heavy atom. The van der Waals surface area contributed by atoms with Crippen molar-refractivity contribution in [2.75, 3.05) is 0 Å². The lowest BCUT2D eigenvalue weighted by Crippen LogP contribution is -2.02. The fourth-order valence-corrected chi connectivity index (χ4v) is 2.83. The van der Waals surface area contributed by atoms with Crippen molar-refractivity contribution < 1.29 is 0 Å². The van der Waals surface area contributed by atoms with E-state index in [0.717, 1.165) is 0 Å². The lowest BCUT2D eigenvalue weighted by molar-refractivity contribution is 0.649. The molecule has 0 fully saturated rings. The summed E-state index contributed by atoms with van der Waals surface area (Å²) in [6.07, 6.45) is 3.78. The first kappa shape index (κ1) is 13.9. The van der Waals surface area contributed by atoms with Gasteiger partial charge in [0.2, 0.25) is 0 Å². The van der Waals surface area contributed by atoms with Gasteiger partial charge in [0.1, 0.15) is 0 Å².